The molecule has 0 unspecified atom stereocenters. The van der Waals surface area contributed by atoms with Crippen molar-refractivity contribution in [1.82, 2.24) is 9.13 Å². The highest BCUT2D eigenvalue weighted by atomic mass is 16.5. The monoisotopic (exact) mass is 314 g/mol. The lowest BCUT2D eigenvalue weighted by Gasteiger charge is -2.17. The van der Waals surface area contributed by atoms with Gasteiger partial charge >= 0.3 is 5.69 Å². The van der Waals surface area contributed by atoms with Gasteiger partial charge in [0.15, 0.2) is 6.23 Å². The fraction of sp³-hybridized carbons (Fsp3) is 0.294. The Morgan fingerprint density at radius 2 is 1.91 bits per heavy atom. The van der Waals surface area contributed by atoms with Crippen LogP contribution >= 0.6 is 0 Å². The van der Waals surface area contributed by atoms with Crippen molar-refractivity contribution < 1.29 is 9.84 Å². The number of benzene rings is 1. The average molecular weight is 314 g/mol. The van der Waals surface area contributed by atoms with Crippen LogP contribution in [0.3, 0.4) is 0 Å². The van der Waals surface area contributed by atoms with Crippen LogP contribution < -0.4 is 11.2 Å². The maximum absolute atomic E-state index is 12.7. The van der Waals surface area contributed by atoms with Crippen molar-refractivity contribution in [2.45, 2.75) is 25.8 Å². The van der Waals surface area contributed by atoms with Crippen molar-refractivity contribution in [1.29, 1.82) is 0 Å². The van der Waals surface area contributed by atoms with Gasteiger partial charge in [-0.1, -0.05) is 36.4 Å². The van der Waals surface area contributed by atoms with Crippen molar-refractivity contribution in [3.05, 3.63) is 80.6 Å². The molecule has 120 valence electrons. The second kappa shape index (κ2) is 6.36. The van der Waals surface area contributed by atoms with Gasteiger partial charge in [-0.2, -0.15) is 0 Å². The number of rotatable bonds is 4. The van der Waals surface area contributed by atoms with E-state index in [-0.39, 0.29) is 18.7 Å². The molecule has 0 saturated heterocycles. The Labute approximate surface area is 132 Å². The molecule has 0 bridgehead atoms. The highest BCUT2D eigenvalue weighted by Gasteiger charge is 2.22. The Morgan fingerprint density at radius 1 is 1.17 bits per heavy atom. The van der Waals surface area contributed by atoms with Gasteiger partial charge in [-0.15, -0.1) is 0 Å². The summed E-state index contributed by atoms with van der Waals surface area (Å²) >= 11 is 0. The van der Waals surface area contributed by atoms with Crippen LogP contribution in [-0.4, -0.2) is 27.0 Å². The third kappa shape index (κ3) is 3.04. The molecule has 2 aromatic rings. The van der Waals surface area contributed by atoms with Crippen LogP contribution in [0, 0.1) is 6.92 Å². The van der Waals surface area contributed by atoms with Gasteiger partial charge < -0.3 is 9.84 Å². The minimum atomic E-state index is -0.610. The Balaban J connectivity index is 2.02. The van der Waals surface area contributed by atoms with Gasteiger partial charge in [-0.3, -0.25) is 13.9 Å². The van der Waals surface area contributed by atoms with E-state index in [9.17, 15) is 9.59 Å². The molecule has 0 amide bonds. The summed E-state index contributed by atoms with van der Waals surface area (Å²) in [6.07, 6.45) is 3.88. The Bertz CT molecular complexity index is 836. The molecule has 6 nitrogen and oxygen atoms in total. The molecule has 1 aromatic carbocycles. The number of nitrogens with zero attached hydrogens (tertiary/aromatic N) is 2. The van der Waals surface area contributed by atoms with Crippen molar-refractivity contribution in [3.8, 4) is 0 Å². The second-order valence-electron chi connectivity index (χ2n) is 5.51. The first-order valence-electron chi connectivity index (χ1n) is 7.41. The third-order valence-corrected chi connectivity index (χ3v) is 3.81. The summed E-state index contributed by atoms with van der Waals surface area (Å²) in [5.74, 6) is 0. The quantitative estimate of drug-likeness (QED) is 0.848. The van der Waals surface area contributed by atoms with Crippen molar-refractivity contribution >= 4 is 0 Å². The van der Waals surface area contributed by atoms with Crippen molar-refractivity contribution in [2.24, 2.45) is 0 Å². The fourth-order valence-electron chi connectivity index (χ4n) is 2.60. The van der Waals surface area contributed by atoms with Gasteiger partial charge in [0.05, 0.1) is 13.2 Å². The summed E-state index contributed by atoms with van der Waals surface area (Å²) in [7, 11) is 0. The van der Waals surface area contributed by atoms with E-state index < -0.39 is 18.0 Å². The highest BCUT2D eigenvalue weighted by molar-refractivity contribution is 5.16. The zero-order valence-electron chi connectivity index (χ0n) is 12.8. The molecule has 0 spiro atoms. The molecule has 3 rings (SSSR count). The van der Waals surface area contributed by atoms with E-state index in [1.165, 1.54) is 15.3 Å². The van der Waals surface area contributed by atoms with Crippen molar-refractivity contribution in [2.75, 3.05) is 6.61 Å². The van der Waals surface area contributed by atoms with E-state index >= 15 is 0 Å². The molecular formula is C17H18N2O4. The molecule has 1 aliphatic heterocycles. The molecule has 6 heteroatoms. The molecule has 0 aliphatic carbocycles. The van der Waals surface area contributed by atoms with Crippen molar-refractivity contribution in [3.63, 3.8) is 0 Å². The first-order valence-corrected chi connectivity index (χ1v) is 7.41. The summed E-state index contributed by atoms with van der Waals surface area (Å²) in [5.41, 5.74) is 0.596. The highest BCUT2D eigenvalue weighted by Crippen LogP contribution is 2.19. The molecule has 23 heavy (non-hydrogen) atoms. The van der Waals surface area contributed by atoms with E-state index in [0.717, 1.165) is 5.56 Å². The molecule has 2 atom stereocenters. The SMILES string of the molecule is Cc1cn([C@H]2C=C[C@@H](CO)O2)c(=O)n(Cc2ccccc2)c1=O. The minimum absolute atomic E-state index is 0.148. The lowest BCUT2D eigenvalue weighted by atomic mass is 10.2. The van der Waals surface area contributed by atoms with Gasteiger partial charge in [0.25, 0.3) is 5.56 Å². The molecule has 1 N–H and O–H groups in total. The molecule has 0 fully saturated rings. The van der Waals surface area contributed by atoms with E-state index in [4.69, 9.17) is 9.84 Å². The average Bonchev–Trinajstić information content (AvgIpc) is 3.05. The normalized spacial score (nSPS) is 20.1. The minimum Gasteiger partial charge on any atom is -0.393 e. The zero-order chi connectivity index (χ0) is 16.4. The third-order valence-electron chi connectivity index (χ3n) is 3.81. The van der Waals surface area contributed by atoms with E-state index in [1.807, 2.05) is 30.3 Å². The number of aliphatic hydroxyl groups excluding tert-OH is 1. The predicted molar refractivity (Wildman–Crippen MR) is 85.4 cm³/mol. The van der Waals surface area contributed by atoms with Crippen LogP contribution in [0.1, 0.15) is 17.4 Å². The second-order valence-corrected chi connectivity index (χ2v) is 5.51. The van der Waals surface area contributed by atoms with E-state index in [0.29, 0.717) is 5.56 Å². The number of aliphatic hydroxyl groups is 1. The van der Waals surface area contributed by atoms with Gasteiger partial charge in [0, 0.05) is 11.8 Å². The summed E-state index contributed by atoms with van der Waals surface area (Å²) in [5, 5.41) is 9.13. The number of hydrogen-bond donors (Lipinski definition) is 1. The van der Waals surface area contributed by atoms with Gasteiger partial charge in [0.2, 0.25) is 0 Å². The Morgan fingerprint density at radius 3 is 2.57 bits per heavy atom. The number of aromatic nitrogens is 2. The summed E-state index contributed by atoms with van der Waals surface area (Å²) in [6.45, 7) is 1.73. The standard InChI is InChI=1S/C17H18N2O4/c1-12-9-18(15-8-7-14(11-20)23-15)17(22)19(16(12)21)10-13-5-3-2-4-6-13/h2-9,14-15,20H,10-11H2,1H3/t14-,15+/m0/s1. The summed E-state index contributed by atoms with van der Waals surface area (Å²) < 4.78 is 8.15. The fourth-order valence-corrected chi connectivity index (χ4v) is 2.60. The summed E-state index contributed by atoms with van der Waals surface area (Å²) in [6, 6.07) is 9.35. The molecular weight excluding hydrogens is 296 g/mol. The molecule has 0 radical (unpaired) electrons. The molecule has 2 heterocycles. The first kappa shape index (κ1) is 15.5. The van der Waals surface area contributed by atoms with Crippen LogP contribution in [-0.2, 0) is 11.3 Å². The maximum Gasteiger partial charge on any atom is 0.333 e. The number of aryl methyl sites for hydroxylation is 1. The summed E-state index contributed by atoms with van der Waals surface area (Å²) in [4.78, 5) is 25.0. The first-order chi connectivity index (χ1) is 11.1. The van der Waals surface area contributed by atoms with Gasteiger partial charge in [-0.05, 0) is 18.6 Å². The largest absolute Gasteiger partial charge is 0.393 e. The van der Waals surface area contributed by atoms with Crippen LogP contribution in [0.2, 0.25) is 0 Å². The zero-order valence-corrected chi connectivity index (χ0v) is 12.8. The number of ether oxygens (including phenoxy) is 1. The van der Waals surface area contributed by atoms with E-state index in [1.54, 1.807) is 19.1 Å². The predicted octanol–water partition coefficient (Wildman–Crippen LogP) is 0.813. The van der Waals surface area contributed by atoms with Crippen LogP contribution in [0.25, 0.3) is 0 Å². The van der Waals surface area contributed by atoms with Crippen LogP contribution in [0.4, 0.5) is 0 Å². The lowest BCUT2D eigenvalue weighted by molar-refractivity contribution is -0.0110. The molecule has 0 saturated carbocycles. The Hall–Kier alpha value is -2.44. The smallest absolute Gasteiger partial charge is 0.333 e. The maximum atomic E-state index is 12.7. The van der Waals surface area contributed by atoms with Crippen LogP contribution in [0.15, 0.2) is 58.3 Å². The lowest BCUT2D eigenvalue weighted by Crippen LogP contribution is -2.42. The molecule has 1 aromatic heterocycles. The van der Waals surface area contributed by atoms with Crippen LogP contribution in [0.5, 0.6) is 0 Å². The Kier molecular flexibility index (Phi) is 4.27. The van der Waals surface area contributed by atoms with E-state index in [2.05, 4.69) is 0 Å². The number of hydrogen-bond acceptors (Lipinski definition) is 4. The molecule has 1 aliphatic rings. The topological polar surface area (TPSA) is 73.5 Å². The van der Waals surface area contributed by atoms with Gasteiger partial charge in [0.1, 0.15) is 6.10 Å². The van der Waals surface area contributed by atoms with Gasteiger partial charge in [-0.25, -0.2) is 4.79 Å².